The van der Waals surface area contributed by atoms with Gasteiger partial charge in [-0.1, -0.05) is 0 Å². The van der Waals surface area contributed by atoms with Crippen LogP contribution in [0.2, 0.25) is 0 Å². The summed E-state index contributed by atoms with van der Waals surface area (Å²) in [6.45, 7) is 0. The van der Waals surface area contributed by atoms with Crippen molar-refractivity contribution in [1.82, 2.24) is 9.97 Å². The molecular formula is C11H14N4S. The Hall–Kier alpha value is -1.36. The lowest BCUT2D eigenvalue weighted by Gasteiger charge is -2.18. The lowest BCUT2D eigenvalue weighted by Crippen LogP contribution is -2.21. The van der Waals surface area contributed by atoms with Crippen LogP contribution in [0.1, 0.15) is 12.8 Å². The van der Waals surface area contributed by atoms with Crippen LogP contribution in [0, 0.1) is 0 Å². The van der Waals surface area contributed by atoms with E-state index in [1.54, 1.807) is 11.3 Å². The first-order valence-corrected chi connectivity index (χ1v) is 6.33. The van der Waals surface area contributed by atoms with Gasteiger partial charge >= 0.3 is 0 Å². The molecule has 5 heteroatoms. The van der Waals surface area contributed by atoms with Gasteiger partial charge in [0.1, 0.15) is 10.6 Å². The third-order valence-electron chi connectivity index (χ3n) is 2.96. The van der Waals surface area contributed by atoms with Gasteiger partial charge in [-0.25, -0.2) is 4.98 Å². The fourth-order valence-electron chi connectivity index (χ4n) is 1.86. The molecule has 0 aliphatic heterocycles. The number of aromatic nitrogens is 2. The fourth-order valence-corrected chi connectivity index (χ4v) is 2.61. The van der Waals surface area contributed by atoms with Crippen LogP contribution in [0.15, 0.2) is 11.4 Å². The summed E-state index contributed by atoms with van der Waals surface area (Å²) < 4.78 is 0. The van der Waals surface area contributed by atoms with Crippen molar-refractivity contribution in [3.05, 3.63) is 11.4 Å². The molecule has 2 aromatic rings. The van der Waals surface area contributed by atoms with E-state index in [0.717, 1.165) is 10.6 Å². The van der Waals surface area contributed by atoms with Gasteiger partial charge < -0.3 is 10.2 Å². The van der Waals surface area contributed by atoms with Crippen LogP contribution in [0.25, 0.3) is 10.2 Å². The van der Waals surface area contributed by atoms with E-state index in [9.17, 15) is 0 Å². The summed E-state index contributed by atoms with van der Waals surface area (Å²) in [5, 5.41) is 6.26. The van der Waals surface area contributed by atoms with Gasteiger partial charge in [-0.2, -0.15) is 4.98 Å². The third kappa shape index (κ3) is 1.51. The normalized spacial score (nSPS) is 15.4. The minimum Gasteiger partial charge on any atom is -0.357 e. The van der Waals surface area contributed by atoms with E-state index >= 15 is 0 Å². The Balaban J connectivity index is 2.15. The molecule has 0 bridgehead atoms. The lowest BCUT2D eigenvalue weighted by atomic mass is 10.3. The molecule has 0 saturated heterocycles. The number of nitrogens with zero attached hydrogens (tertiary/aromatic N) is 3. The van der Waals surface area contributed by atoms with Crippen LogP contribution in [0.3, 0.4) is 0 Å². The predicted octanol–water partition coefficient (Wildman–Crippen LogP) is 2.33. The van der Waals surface area contributed by atoms with Crippen molar-refractivity contribution >= 4 is 33.3 Å². The molecule has 0 aromatic carbocycles. The number of anilines is 2. The van der Waals surface area contributed by atoms with Crippen molar-refractivity contribution in [1.29, 1.82) is 0 Å². The van der Waals surface area contributed by atoms with Crippen molar-refractivity contribution in [2.24, 2.45) is 0 Å². The van der Waals surface area contributed by atoms with E-state index in [1.807, 2.05) is 7.05 Å². The maximum Gasteiger partial charge on any atom is 0.225 e. The Labute approximate surface area is 98.3 Å². The first-order valence-electron chi connectivity index (χ1n) is 5.45. The summed E-state index contributed by atoms with van der Waals surface area (Å²) >= 11 is 1.66. The van der Waals surface area contributed by atoms with Crippen LogP contribution in [-0.4, -0.2) is 30.1 Å². The largest absolute Gasteiger partial charge is 0.357 e. The second-order valence-electron chi connectivity index (χ2n) is 4.10. The Kier molecular flexibility index (Phi) is 2.21. The number of hydrogen-bond acceptors (Lipinski definition) is 5. The average molecular weight is 234 g/mol. The Morgan fingerprint density at radius 2 is 2.25 bits per heavy atom. The highest BCUT2D eigenvalue weighted by atomic mass is 32.1. The quantitative estimate of drug-likeness (QED) is 0.885. The molecule has 0 amide bonds. The molecule has 2 heterocycles. The van der Waals surface area contributed by atoms with E-state index in [4.69, 9.17) is 0 Å². The molecule has 1 aliphatic rings. The van der Waals surface area contributed by atoms with Crippen LogP contribution in [0.5, 0.6) is 0 Å². The molecule has 1 aliphatic carbocycles. The Morgan fingerprint density at radius 3 is 2.94 bits per heavy atom. The van der Waals surface area contributed by atoms with Gasteiger partial charge in [-0.15, -0.1) is 11.3 Å². The summed E-state index contributed by atoms with van der Waals surface area (Å²) in [6, 6.07) is 2.77. The van der Waals surface area contributed by atoms with Gasteiger partial charge in [0.15, 0.2) is 0 Å². The van der Waals surface area contributed by atoms with Gasteiger partial charge in [0, 0.05) is 20.1 Å². The van der Waals surface area contributed by atoms with E-state index < -0.39 is 0 Å². The van der Waals surface area contributed by atoms with Crippen molar-refractivity contribution < 1.29 is 0 Å². The van der Waals surface area contributed by atoms with Crippen LogP contribution >= 0.6 is 11.3 Å². The first-order chi connectivity index (χ1) is 7.79. The minimum absolute atomic E-state index is 0.669. The Bertz CT molecular complexity index is 518. The van der Waals surface area contributed by atoms with Crippen LogP contribution in [-0.2, 0) is 0 Å². The first kappa shape index (κ1) is 9.84. The summed E-state index contributed by atoms with van der Waals surface area (Å²) in [6.07, 6.45) is 2.56. The summed E-state index contributed by atoms with van der Waals surface area (Å²) in [5.41, 5.74) is 0. The number of hydrogen-bond donors (Lipinski definition) is 1. The van der Waals surface area contributed by atoms with Gasteiger partial charge in [0.05, 0.1) is 5.39 Å². The highest BCUT2D eigenvalue weighted by molar-refractivity contribution is 7.16. The molecule has 0 radical (unpaired) electrons. The molecule has 4 nitrogen and oxygen atoms in total. The van der Waals surface area contributed by atoms with Gasteiger partial charge in [0.25, 0.3) is 0 Å². The van der Waals surface area contributed by atoms with Crippen LogP contribution in [0.4, 0.5) is 11.8 Å². The van der Waals surface area contributed by atoms with E-state index in [-0.39, 0.29) is 0 Å². The van der Waals surface area contributed by atoms with Crippen LogP contribution < -0.4 is 10.2 Å². The highest BCUT2D eigenvalue weighted by Gasteiger charge is 2.28. The molecule has 84 valence electrons. The number of nitrogens with one attached hydrogen (secondary N) is 1. The van der Waals surface area contributed by atoms with Gasteiger partial charge in [-0.05, 0) is 24.3 Å². The molecular weight excluding hydrogens is 220 g/mol. The number of fused-ring (bicyclic) bond motifs is 1. The molecule has 0 unspecified atom stereocenters. The zero-order valence-corrected chi connectivity index (χ0v) is 10.2. The number of rotatable bonds is 3. The minimum atomic E-state index is 0.669. The van der Waals surface area contributed by atoms with E-state index in [1.165, 1.54) is 18.2 Å². The van der Waals surface area contributed by atoms with Gasteiger partial charge in [0.2, 0.25) is 5.95 Å². The van der Waals surface area contributed by atoms with Crippen molar-refractivity contribution in [3.8, 4) is 0 Å². The SMILES string of the molecule is CNc1nc(N(C)C2CC2)c2ccsc2n1. The lowest BCUT2D eigenvalue weighted by molar-refractivity contribution is 0.896. The molecule has 1 saturated carbocycles. The smallest absolute Gasteiger partial charge is 0.225 e. The fraction of sp³-hybridized carbons (Fsp3) is 0.455. The molecule has 0 spiro atoms. The van der Waals surface area contributed by atoms with Crippen molar-refractivity contribution in [2.45, 2.75) is 18.9 Å². The molecule has 1 N–H and O–H groups in total. The van der Waals surface area contributed by atoms with E-state index in [2.05, 4.69) is 38.7 Å². The maximum absolute atomic E-state index is 4.56. The zero-order valence-electron chi connectivity index (χ0n) is 9.40. The average Bonchev–Trinajstić information content (AvgIpc) is 3.05. The summed E-state index contributed by atoms with van der Waals surface area (Å²) in [5.74, 6) is 1.76. The van der Waals surface area contributed by atoms with Gasteiger partial charge in [-0.3, -0.25) is 0 Å². The summed E-state index contributed by atoms with van der Waals surface area (Å²) in [7, 11) is 3.98. The number of thiophene rings is 1. The van der Waals surface area contributed by atoms with Crippen molar-refractivity contribution in [2.75, 3.05) is 24.3 Å². The Morgan fingerprint density at radius 1 is 1.44 bits per heavy atom. The molecule has 1 fully saturated rings. The third-order valence-corrected chi connectivity index (χ3v) is 3.76. The highest BCUT2D eigenvalue weighted by Crippen LogP contribution is 2.34. The molecule has 3 rings (SSSR count). The summed E-state index contributed by atoms with van der Waals surface area (Å²) in [4.78, 5) is 12.3. The second-order valence-corrected chi connectivity index (χ2v) is 5.00. The zero-order chi connectivity index (χ0) is 11.1. The monoisotopic (exact) mass is 234 g/mol. The van der Waals surface area contributed by atoms with Crippen molar-refractivity contribution in [3.63, 3.8) is 0 Å². The molecule has 0 atom stereocenters. The molecule has 2 aromatic heterocycles. The standard InChI is InChI=1S/C11H14N4S/c1-12-11-13-9(15(2)7-3-4-7)8-5-6-16-10(8)14-11/h5-7H,3-4H2,1-2H3,(H,12,13,14). The van der Waals surface area contributed by atoms with E-state index in [0.29, 0.717) is 12.0 Å². The predicted molar refractivity (Wildman–Crippen MR) is 68.4 cm³/mol. The maximum atomic E-state index is 4.56. The second kappa shape index (κ2) is 3.59. The topological polar surface area (TPSA) is 41.1 Å². The molecule has 16 heavy (non-hydrogen) atoms.